The summed E-state index contributed by atoms with van der Waals surface area (Å²) in [6.07, 6.45) is 0. The zero-order chi connectivity index (χ0) is 21.8. The van der Waals surface area contributed by atoms with E-state index in [-0.39, 0.29) is 25.0 Å². The van der Waals surface area contributed by atoms with Gasteiger partial charge in [-0.15, -0.1) is 0 Å². The summed E-state index contributed by atoms with van der Waals surface area (Å²) in [4.78, 5) is 25.7. The minimum absolute atomic E-state index is 0.113. The molecule has 0 bridgehead atoms. The number of likely N-dealkylation sites (N-methyl/N-ethyl adjacent to an activating group) is 1. The van der Waals surface area contributed by atoms with Crippen molar-refractivity contribution >= 4 is 28.5 Å². The van der Waals surface area contributed by atoms with Crippen LogP contribution in [0.15, 0.2) is 46.9 Å². The summed E-state index contributed by atoms with van der Waals surface area (Å²) in [7, 11) is 1.52. The van der Waals surface area contributed by atoms with Gasteiger partial charge in [-0.25, -0.2) is 13.2 Å². The number of nitrogens with one attached hydrogen (secondary N) is 2. The Bertz CT molecular complexity index is 1050. The molecule has 2 amide bonds. The molecule has 2 aromatic carbocycles. The summed E-state index contributed by atoms with van der Waals surface area (Å²) in [5, 5.41) is 5.85. The fraction of sp³-hybridized carbons (Fsp3) is 0.238. The molecule has 0 spiro atoms. The van der Waals surface area contributed by atoms with Gasteiger partial charge in [-0.1, -0.05) is 18.2 Å². The third-order valence-electron chi connectivity index (χ3n) is 4.39. The number of carbonyl (C=O) groups is 2. The van der Waals surface area contributed by atoms with Crippen LogP contribution < -0.4 is 10.6 Å². The van der Waals surface area contributed by atoms with Crippen LogP contribution in [0.4, 0.5) is 18.9 Å². The minimum Gasteiger partial charge on any atom is -0.459 e. The molecule has 1 atom stereocenters. The van der Waals surface area contributed by atoms with E-state index in [0.29, 0.717) is 17.4 Å². The molecule has 0 unspecified atom stereocenters. The van der Waals surface area contributed by atoms with Crippen LogP contribution in [0.2, 0.25) is 0 Å². The van der Waals surface area contributed by atoms with Crippen LogP contribution in [-0.2, 0) is 9.59 Å². The fourth-order valence-corrected chi connectivity index (χ4v) is 2.93. The molecule has 0 radical (unpaired) electrons. The lowest BCUT2D eigenvalue weighted by Crippen LogP contribution is -2.39. The molecular formula is C21H20F3N3O3. The summed E-state index contributed by atoms with van der Waals surface area (Å²) >= 11 is 0. The van der Waals surface area contributed by atoms with Crippen molar-refractivity contribution in [2.75, 3.05) is 25.5 Å². The number of halogens is 3. The lowest BCUT2D eigenvalue weighted by atomic mass is 10.2. The minimum atomic E-state index is -1.67. The van der Waals surface area contributed by atoms with E-state index in [0.717, 1.165) is 11.5 Å². The molecule has 158 valence electrons. The average molecular weight is 419 g/mol. The predicted octanol–water partition coefficient (Wildman–Crippen LogP) is 3.60. The Labute approximate surface area is 170 Å². The van der Waals surface area contributed by atoms with E-state index < -0.39 is 29.0 Å². The second-order valence-electron chi connectivity index (χ2n) is 6.92. The fourth-order valence-electron chi connectivity index (χ4n) is 2.93. The number of para-hydroxylation sites is 1. The van der Waals surface area contributed by atoms with Gasteiger partial charge in [0.05, 0.1) is 24.8 Å². The normalized spacial score (nSPS) is 12.2. The number of rotatable bonds is 7. The first kappa shape index (κ1) is 21.4. The molecule has 3 rings (SSSR count). The first-order chi connectivity index (χ1) is 14.2. The van der Waals surface area contributed by atoms with E-state index >= 15 is 0 Å². The number of nitrogens with zero attached hydrogens (tertiary/aromatic N) is 1. The van der Waals surface area contributed by atoms with Gasteiger partial charge in [0.1, 0.15) is 11.3 Å². The van der Waals surface area contributed by atoms with Gasteiger partial charge in [-0.3, -0.25) is 14.5 Å². The number of hydrogen-bond donors (Lipinski definition) is 2. The molecule has 0 saturated heterocycles. The lowest BCUT2D eigenvalue weighted by Gasteiger charge is -2.18. The van der Waals surface area contributed by atoms with Crippen molar-refractivity contribution in [3.05, 3.63) is 65.7 Å². The van der Waals surface area contributed by atoms with Gasteiger partial charge >= 0.3 is 0 Å². The van der Waals surface area contributed by atoms with Crippen LogP contribution in [0.1, 0.15) is 18.7 Å². The molecule has 9 heteroatoms. The topological polar surface area (TPSA) is 74.6 Å². The number of fused-ring (bicyclic) bond motifs is 1. The first-order valence-corrected chi connectivity index (χ1v) is 9.14. The number of amides is 2. The van der Waals surface area contributed by atoms with Crippen LogP contribution in [0.5, 0.6) is 0 Å². The first-order valence-electron chi connectivity index (χ1n) is 9.14. The average Bonchev–Trinajstić information content (AvgIpc) is 3.12. The highest BCUT2D eigenvalue weighted by Crippen LogP contribution is 2.23. The molecule has 2 N–H and O–H groups in total. The number of furan rings is 1. The van der Waals surface area contributed by atoms with Gasteiger partial charge in [0.15, 0.2) is 17.5 Å². The molecule has 3 aromatic rings. The Balaban J connectivity index is 1.51. The molecular weight excluding hydrogens is 399 g/mol. The number of carbonyl (C=O) groups excluding carboxylic acids is 2. The quantitative estimate of drug-likeness (QED) is 0.574. The highest BCUT2D eigenvalue weighted by Gasteiger charge is 2.18. The molecule has 0 fully saturated rings. The largest absolute Gasteiger partial charge is 0.459 e. The monoisotopic (exact) mass is 419 g/mol. The molecule has 0 saturated carbocycles. The van der Waals surface area contributed by atoms with E-state index in [4.69, 9.17) is 4.42 Å². The van der Waals surface area contributed by atoms with Crippen LogP contribution in [0, 0.1) is 17.5 Å². The van der Waals surface area contributed by atoms with Crippen LogP contribution in [0.25, 0.3) is 11.0 Å². The van der Waals surface area contributed by atoms with Crippen molar-refractivity contribution in [2.45, 2.75) is 13.0 Å². The van der Waals surface area contributed by atoms with Gasteiger partial charge < -0.3 is 15.1 Å². The van der Waals surface area contributed by atoms with Crippen molar-refractivity contribution in [1.29, 1.82) is 0 Å². The van der Waals surface area contributed by atoms with Crippen molar-refractivity contribution in [3.8, 4) is 0 Å². The van der Waals surface area contributed by atoms with Gasteiger partial charge in [-0.05, 0) is 38.2 Å². The molecule has 0 aliphatic rings. The van der Waals surface area contributed by atoms with Crippen LogP contribution >= 0.6 is 0 Å². The maximum atomic E-state index is 13.6. The van der Waals surface area contributed by atoms with Gasteiger partial charge in [0.25, 0.3) is 0 Å². The Morgan fingerprint density at radius 3 is 2.47 bits per heavy atom. The zero-order valence-electron chi connectivity index (χ0n) is 16.3. The molecule has 0 aliphatic carbocycles. The standard InChI is InChI=1S/C21H20F3N3O3/c1-12(17-9-13-5-3-4-6-16(13)30-17)25-18(28)10-27(2)11-19(29)26-15-8-7-14(22)20(23)21(15)24/h3-9,12H,10-11H2,1-2H3,(H,25,28)(H,26,29)/t12-/m1/s1. The number of benzene rings is 2. The number of hydrogen-bond acceptors (Lipinski definition) is 4. The van der Waals surface area contributed by atoms with E-state index in [1.54, 1.807) is 6.92 Å². The molecule has 1 heterocycles. The maximum Gasteiger partial charge on any atom is 0.238 e. The Morgan fingerprint density at radius 1 is 1.03 bits per heavy atom. The Morgan fingerprint density at radius 2 is 1.73 bits per heavy atom. The van der Waals surface area contributed by atoms with Gasteiger partial charge in [-0.2, -0.15) is 0 Å². The van der Waals surface area contributed by atoms with Gasteiger partial charge in [0, 0.05) is 5.39 Å². The Hall–Kier alpha value is -3.33. The lowest BCUT2D eigenvalue weighted by molar-refractivity contribution is -0.123. The summed E-state index contributed by atoms with van der Waals surface area (Å²) in [6.45, 7) is 1.40. The van der Waals surface area contributed by atoms with E-state index in [1.165, 1.54) is 11.9 Å². The molecule has 1 aromatic heterocycles. The third-order valence-corrected chi connectivity index (χ3v) is 4.39. The van der Waals surface area contributed by atoms with E-state index in [2.05, 4.69) is 10.6 Å². The highest BCUT2D eigenvalue weighted by molar-refractivity contribution is 5.92. The summed E-state index contributed by atoms with van der Waals surface area (Å²) in [5.41, 5.74) is 0.238. The molecule has 30 heavy (non-hydrogen) atoms. The second kappa shape index (κ2) is 9.00. The highest BCUT2D eigenvalue weighted by atomic mass is 19.2. The summed E-state index contributed by atoms with van der Waals surface area (Å²) in [5.74, 6) is -4.93. The zero-order valence-corrected chi connectivity index (χ0v) is 16.3. The maximum absolute atomic E-state index is 13.6. The molecule has 6 nitrogen and oxygen atoms in total. The SMILES string of the molecule is C[C@@H](NC(=O)CN(C)CC(=O)Nc1ccc(F)c(F)c1F)c1cc2ccccc2o1. The van der Waals surface area contributed by atoms with Crippen molar-refractivity contribution in [3.63, 3.8) is 0 Å². The van der Waals surface area contributed by atoms with Gasteiger partial charge in [0.2, 0.25) is 11.8 Å². The van der Waals surface area contributed by atoms with Crippen LogP contribution in [0.3, 0.4) is 0 Å². The molecule has 0 aliphatic heterocycles. The van der Waals surface area contributed by atoms with Crippen molar-refractivity contribution < 1.29 is 27.2 Å². The predicted molar refractivity (Wildman–Crippen MR) is 105 cm³/mol. The number of anilines is 1. The van der Waals surface area contributed by atoms with E-state index in [9.17, 15) is 22.8 Å². The smallest absolute Gasteiger partial charge is 0.238 e. The summed E-state index contributed by atoms with van der Waals surface area (Å²) in [6, 6.07) is 10.6. The third kappa shape index (κ3) is 4.98. The summed E-state index contributed by atoms with van der Waals surface area (Å²) < 4.78 is 45.5. The Kier molecular flexibility index (Phi) is 6.41. The van der Waals surface area contributed by atoms with Crippen molar-refractivity contribution in [1.82, 2.24) is 10.2 Å². The van der Waals surface area contributed by atoms with Crippen LogP contribution in [-0.4, -0.2) is 36.9 Å². The van der Waals surface area contributed by atoms with E-state index in [1.807, 2.05) is 30.3 Å². The second-order valence-corrected chi connectivity index (χ2v) is 6.92. The van der Waals surface area contributed by atoms with Crippen molar-refractivity contribution in [2.24, 2.45) is 0 Å².